The summed E-state index contributed by atoms with van der Waals surface area (Å²) in [4.78, 5) is 16.9. The van der Waals surface area contributed by atoms with Crippen LogP contribution in [0, 0.1) is 11.6 Å². The number of carbonyl (C=O) groups is 1. The monoisotopic (exact) mass is 292 g/mol. The van der Waals surface area contributed by atoms with Crippen molar-refractivity contribution < 1.29 is 18.3 Å². The van der Waals surface area contributed by atoms with E-state index in [0.29, 0.717) is 5.75 Å². The van der Waals surface area contributed by atoms with Crippen molar-refractivity contribution in [2.45, 2.75) is 0 Å². The van der Waals surface area contributed by atoms with Crippen molar-refractivity contribution in [1.29, 1.82) is 0 Å². The van der Waals surface area contributed by atoms with Crippen molar-refractivity contribution >= 4 is 5.91 Å². The minimum absolute atomic E-state index is 0.0331. The molecular formula is C15H14F2N2O2. The van der Waals surface area contributed by atoms with Crippen molar-refractivity contribution in [2.24, 2.45) is 0 Å². The number of nitrogens with zero attached hydrogens (tertiary/aromatic N) is 2. The quantitative estimate of drug-likeness (QED) is 0.850. The van der Waals surface area contributed by atoms with Crippen LogP contribution >= 0.6 is 0 Å². The van der Waals surface area contributed by atoms with E-state index >= 15 is 0 Å². The molecule has 0 aliphatic carbocycles. The number of aromatic nitrogens is 1. The molecular weight excluding hydrogens is 278 g/mol. The van der Waals surface area contributed by atoms with Gasteiger partial charge in [0.25, 0.3) is 5.91 Å². The Hall–Kier alpha value is -2.50. The average molecular weight is 292 g/mol. The lowest BCUT2D eigenvalue weighted by molar-refractivity contribution is 0.0769. The molecule has 1 aromatic heterocycles. The predicted octanol–water partition coefficient (Wildman–Crippen LogP) is 2.51. The van der Waals surface area contributed by atoms with Crippen molar-refractivity contribution in [3.8, 4) is 5.75 Å². The van der Waals surface area contributed by atoms with E-state index in [4.69, 9.17) is 4.74 Å². The van der Waals surface area contributed by atoms with Gasteiger partial charge in [-0.2, -0.15) is 0 Å². The zero-order valence-corrected chi connectivity index (χ0v) is 11.4. The maximum absolute atomic E-state index is 13.4. The number of hydrogen-bond acceptors (Lipinski definition) is 3. The molecule has 1 aromatic carbocycles. The number of ether oxygens (including phenoxy) is 1. The van der Waals surface area contributed by atoms with E-state index in [0.717, 1.165) is 6.20 Å². The van der Waals surface area contributed by atoms with Gasteiger partial charge in [-0.05, 0) is 30.3 Å². The summed E-state index contributed by atoms with van der Waals surface area (Å²) in [6.45, 7) is 0.499. The lowest BCUT2D eigenvalue weighted by Crippen LogP contribution is -2.31. The Balaban J connectivity index is 1.87. The van der Waals surface area contributed by atoms with Crippen LogP contribution in [0.25, 0.3) is 0 Å². The number of halogens is 2. The van der Waals surface area contributed by atoms with Crippen LogP contribution in [-0.4, -0.2) is 36.0 Å². The van der Waals surface area contributed by atoms with E-state index in [9.17, 15) is 13.6 Å². The molecule has 4 nitrogen and oxygen atoms in total. The molecule has 2 aromatic rings. The third kappa shape index (κ3) is 3.98. The van der Waals surface area contributed by atoms with Gasteiger partial charge >= 0.3 is 0 Å². The summed E-state index contributed by atoms with van der Waals surface area (Å²) >= 11 is 0. The van der Waals surface area contributed by atoms with Gasteiger partial charge in [0, 0.05) is 13.2 Å². The summed E-state index contributed by atoms with van der Waals surface area (Å²) in [5, 5.41) is 0. The first-order valence-corrected chi connectivity index (χ1v) is 6.31. The molecule has 0 atom stereocenters. The number of amides is 1. The molecule has 0 aliphatic heterocycles. The Labute approximate surface area is 121 Å². The van der Waals surface area contributed by atoms with Crippen LogP contribution in [0.2, 0.25) is 0 Å². The van der Waals surface area contributed by atoms with Gasteiger partial charge in [-0.1, -0.05) is 0 Å². The van der Waals surface area contributed by atoms with Crippen LogP contribution in [0.3, 0.4) is 0 Å². The fraction of sp³-hybridized carbons (Fsp3) is 0.200. The fourth-order valence-corrected chi connectivity index (χ4v) is 1.69. The topological polar surface area (TPSA) is 42.4 Å². The Kier molecular flexibility index (Phi) is 4.81. The minimum atomic E-state index is -0.659. The van der Waals surface area contributed by atoms with Crippen molar-refractivity contribution in [2.75, 3.05) is 20.2 Å². The molecule has 0 N–H and O–H groups in total. The summed E-state index contributed by atoms with van der Waals surface area (Å²) in [6.07, 6.45) is 2.36. The highest BCUT2D eigenvalue weighted by atomic mass is 19.1. The Bertz CT molecular complexity index is 617. The molecule has 0 spiro atoms. The van der Waals surface area contributed by atoms with Crippen LogP contribution in [0.5, 0.6) is 5.75 Å². The number of benzene rings is 1. The Morgan fingerprint density at radius 3 is 2.62 bits per heavy atom. The van der Waals surface area contributed by atoms with Crippen LogP contribution in [0.4, 0.5) is 8.78 Å². The van der Waals surface area contributed by atoms with Crippen molar-refractivity contribution in [1.82, 2.24) is 9.88 Å². The second-order valence-electron chi connectivity index (χ2n) is 4.38. The molecule has 0 unspecified atom stereocenters. The molecule has 110 valence electrons. The van der Waals surface area contributed by atoms with Gasteiger partial charge in [-0.25, -0.2) is 8.78 Å². The van der Waals surface area contributed by atoms with Gasteiger partial charge < -0.3 is 9.64 Å². The second kappa shape index (κ2) is 6.78. The number of rotatable bonds is 5. The van der Waals surface area contributed by atoms with Crippen LogP contribution < -0.4 is 4.74 Å². The third-order valence-electron chi connectivity index (χ3n) is 2.86. The van der Waals surface area contributed by atoms with E-state index in [2.05, 4.69) is 4.98 Å². The van der Waals surface area contributed by atoms with E-state index in [1.807, 2.05) is 0 Å². The minimum Gasteiger partial charge on any atom is -0.492 e. The number of carbonyl (C=O) groups excluding carboxylic acids is 1. The standard InChI is InChI=1S/C15H14F2N2O2/c1-19(15(20)13-6-7-18-10-14(13)17)8-9-21-12-4-2-11(16)3-5-12/h2-7,10H,8-9H2,1H3. The predicted molar refractivity (Wildman–Crippen MR) is 73.1 cm³/mol. The number of pyridine rings is 1. The number of likely N-dealkylation sites (N-methyl/N-ethyl adjacent to an activating group) is 1. The average Bonchev–Trinajstić information content (AvgIpc) is 2.49. The molecule has 0 saturated carbocycles. The molecule has 6 heteroatoms. The van der Waals surface area contributed by atoms with Gasteiger partial charge in [-0.15, -0.1) is 0 Å². The van der Waals surface area contributed by atoms with E-state index in [-0.39, 0.29) is 24.5 Å². The van der Waals surface area contributed by atoms with Gasteiger partial charge in [0.05, 0.1) is 18.3 Å². The first-order chi connectivity index (χ1) is 10.1. The summed E-state index contributed by atoms with van der Waals surface area (Å²) in [5.74, 6) is -0.943. The molecule has 0 saturated heterocycles. The van der Waals surface area contributed by atoms with E-state index in [1.54, 1.807) is 7.05 Å². The third-order valence-corrected chi connectivity index (χ3v) is 2.86. The largest absolute Gasteiger partial charge is 0.492 e. The van der Waals surface area contributed by atoms with Gasteiger partial charge in [0.2, 0.25) is 0 Å². The number of hydrogen-bond donors (Lipinski definition) is 0. The highest BCUT2D eigenvalue weighted by Gasteiger charge is 2.15. The fourth-order valence-electron chi connectivity index (χ4n) is 1.69. The molecule has 21 heavy (non-hydrogen) atoms. The van der Waals surface area contributed by atoms with Crippen LogP contribution in [-0.2, 0) is 0 Å². The summed E-state index contributed by atoms with van der Waals surface area (Å²) in [5.41, 5.74) is -0.0331. The summed E-state index contributed by atoms with van der Waals surface area (Å²) < 4.78 is 31.5. The van der Waals surface area contributed by atoms with Crippen molar-refractivity contribution in [3.05, 3.63) is 59.9 Å². The maximum atomic E-state index is 13.4. The highest BCUT2D eigenvalue weighted by molar-refractivity contribution is 5.94. The molecule has 1 heterocycles. The van der Waals surface area contributed by atoms with Crippen LogP contribution in [0.15, 0.2) is 42.7 Å². The second-order valence-corrected chi connectivity index (χ2v) is 4.38. The smallest absolute Gasteiger partial charge is 0.256 e. The van der Waals surface area contributed by atoms with Crippen molar-refractivity contribution in [3.63, 3.8) is 0 Å². The van der Waals surface area contributed by atoms with Gasteiger partial charge in [0.15, 0.2) is 5.82 Å². The lowest BCUT2D eigenvalue weighted by Gasteiger charge is -2.17. The SMILES string of the molecule is CN(CCOc1ccc(F)cc1)C(=O)c1ccncc1F. The Morgan fingerprint density at radius 2 is 1.95 bits per heavy atom. The Morgan fingerprint density at radius 1 is 1.24 bits per heavy atom. The molecule has 0 fully saturated rings. The normalized spacial score (nSPS) is 10.2. The summed E-state index contributed by atoms with van der Waals surface area (Å²) in [7, 11) is 1.55. The summed E-state index contributed by atoms with van der Waals surface area (Å²) in [6, 6.07) is 6.90. The maximum Gasteiger partial charge on any atom is 0.256 e. The van der Waals surface area contributed by atoms with E-state index < -0.39 is 11.7 Å². The molecule has 0 radical (unpaired) electrons. The van der Waals surface area contributed by atoms with Gasteiger partial charge in [-0.3, -0.25) is 9.78 Å². The molecule has 2 rings (SSSR count). The van der Waals surface area contributed by atoms with Gasteiger partial charge in [0.1, 0.15) is 18.2 Å². The zero-order valence-electron chi connectivity index (χ0n) is 11.4. The molecule has 1 amide bonds. The first-order valence-electron chi connectivity index (χ1n) is 6.31. The highest BCUT2D eigenvalue weighted by Crippen LogP contribution is 2.11. The molecule has 0 bridgehead atoms. The first kappa shape index (κ1) is 14.9. The molecule has 0 aliphatic rings. The van der Waals surface area contributed by atoms with Crippen LogP contribution in [0.1, 0.15) is 10.4 Å². The lowest BCUT2D eigenvalue weighted by atomic mass is 10.2. The zero-order chi connectivity index (χ0) is 15.2. The van der Waals surface area contributed by atoms with E-state index in [1.165, 1.54) is 41.4 Å².